The van der Waals surface area contributed by atoms with E-state index in [2.05, 4.69) is 26.2 Å². The molecule has 1 aromatic carbocycles. The van der Waals surface area contributed by atoms with Gasteiger partial charge in [-0.1, -0.05) is 34.2 Å². The number of halogens is 1. The fourth-order valence-electron chi connectivity index (χ4n) is 1.76. The number of thiocarbonyl (C=S) groups is 1. The molecule has 2 aromatic rings. The molecule has 0 aliphatic rings. The molecule has 3 N–H and O–H groups in total. The Balaban J connectivity index is 2.38. The van der Waals surface area contributed by atoms with E-state index >= 15 is 0 Å². The number of rotatable bonds is 3. The second kappa shape index (κ2) is 5.67. The number of aryl methyl sites for hydroxylation is 1. The maximum absolute atomic E-state index is 5.67. The maximum atomic E-state index is 5.67. The molecule has 0 atom stereocenters. The lowest BCUT2D eigenvalue weighted by atomic mass is 10.2. The van der Waals surface area contributed by atoms with Gasteiger partial charge in [-0.3, -0.25) is 0 Å². The number of benzene rings is 1. The summed E-state index contributed by atoms with van der Waals surface area (Å²) < 4.78 is 1.06. The number of nitrogens with zero attached hydrogens (tertiary/aromatic N) is 1. The smallest absolute Gasteiger partial charge is 0.131 e. The van der Waals surface area contributed by atoms with E-state index in [0.717, 1.165) is 32.8 Å². The van der Waals surface area contributed by atoms with Crippen molar-refractivity contribution in [1.82, 2.24) is 4.98 Å². The summed E-state index contributed by atoms with van der Waals surface area (Å²) in [6.07, 6.45) is 0. The molecule has 3 nitrogen and oxygen atoms in total. The molecule has 0 bridgehead atoms. The zero-order valence-corrected chi connectivity index (χ0v) is 13.1. The first kappa shape index (κ1) is 14.0. The lowest BCUT2D eigenvalue weighted by Gasteiger charge is -2.11. The molecule has 0 saturated heterocycles. The highest BCUT2D eigenvalue weighted by Crippen LogP contribution is 2.26. The number of anilines is 2. The first-order valence-corrected chi connectivity index (χ1v) is 6.98. The van der Waals surface area contributed by atoms with Gasteiger partial charge in [-0.2, -0.15) is 0 Å². The highest BCUT2D eigenvalue weighted by molar-refractivity contribution is 9.10. The van der Waals surface area contributed by atoms with E-state index in [9.17, 15) is 0 Å². The van der Waals surface area contributed by atoms with Gasteiger partial charge in [0.1, 0.15) is 10.8 Å². The molecular weight excluding hydrogens is 322 g/mol. The summed E-state index contributed by atoms with van der Waals surface area (Å²) in [5.74, 6) is 0.740. The minimum absolute atomic E-state index is 0.375. The predicted octanol–water partition coefficient (Wildman–Crippen LogP) is 3.84. The van der Waals surface area contributed by atoms with E-state index in [-0.39, 0.29) is 0 Å². The zero-order valence-electron chi connectivity index (χ0n) is 10.7. The predicted molar refractivity (Wildman–Crippen MR) is 87.0 cm³/mol. The molecule has 0 unspecified atom stereocenters. The van der Waals surface area contributed by atoms with Crippen molar-refractivity contribution in [2.24, 2.45) is 5.73 Å². The number of hydrogen-bond acceptors (Lipinski definition) is 3. The standard InChI is InChI=1S/C14H14BrN3S/c1-8-6-10(14(16)19)7-13(17-8)18-12-5-3-4-11(15)9(12)2/h3-7H,1-2H3,(H2,16,19)(H,17,18). The Morgan fingerprint density at radius 1 is 1.32 bits per heavy atom. The van der Waals surface area contributed by atoms with Crippen LogP contribution in [-0.4, -0.2) is 9.97 Å². The summed E-state index contributed by atoms with van der Waals surface area (Å²) in [6.45, 7) is 3.96. The first-order valence-electron chi connectivity index (χ1n) is 5.78. The van der Waals surface area contributed by atoms with Crippen LogP contribution in [0.15, 0.2) is 34.8 Å². The average molecular weight is 336 g/mol. The van der Waals surface area contributed by atoms with Gasteiger partial charge in [0.25, 0.3) is 0 Å². The maximum Gasteiger partial charge on any atom is 0.131 e. The van der Waals surface area contributed by atoms with Gasteiger partial charge in [0, 0.05) is 21.4 Å². The SMILES string of the molecule is Cc1cc(C(N)=S)cc(Nc2cccc(Br)c2C)n1. The van der Waals surface area contributed by atoms with Gasteiger partial charge in [0.2, 0.25) is 0 Å². The Hall–Kier alpha value is -1.46. The molecule has 0 amide bonds. The van der Waals surface area contributed by atoms with Crippen molar-refractivity contribution in [1.29, 1.82) is 0 Å². The Morgan fingerprint density at radius 2 is 2.05 bits per heavy atom. The van der Waals surface area contributed by atoms with Crippen LogP contribution in [0.4, 0.5) is 11.5 Å². The summed E-state index contributed by atoms with van der Waals surface area (Å²) in [5.41, 5.74) is 9.49. The van der Waals surface area contributed by atoms with E-state index in [1.807, 2.05) is 44.2 Å². The molecule has 0 fully saturated rings. The Morgan fingerprint density at radius 3 is 2.74 bits per heavy atom. The monoisotopic (exact) mass is 335 g/mol. The minimum atomic E-state index is 0.375. The van der Waals surface area contributed by atoms with Crippen molar-refractivity contribution in [3.63, 3.8) is 0 Å². The van der Waals surface area contributed by atoms with Gasteiger partial charge in [0.15, 0.2) is 0 Å². The van der Waals surface area contributed by atoms with Gasteiger partial charge in [-0.05, 0) is 43.7 Å². The number of nitrogens with one attached hydrogen (secondary N) is 1. The van der Waals surface area contributed by atoms with Crippen LogP contribution in [0.3, 0.4) is 0 Å². The summed E-state index contributed by atoms with van der Waals surface area (Å²) in [6, 6.07) is 9.72. The largest absolute Gasteiger partial charge is 0.389 e. The summed E-state index contributed by atoms with van der Waals surface area (Å²) in [4.78, 5) is 4.82. The molecule has 5 heteroatoms. The molecule has 0 aliphatic carbocycles. The Kier molecular flexibility index (Phi) is 4.17. The summed E-state index contributed by atoms with van der Waals surface area (Å²) in [7, 11) is 0. The van der Waals surface area contributed by atoms with Crippen molar-refractivity contribution in [3.05, 3.63) is 51.6 Å². The lowest BCUT2D eigenvalue weighted by Crippen LogP contribution is -2.11. The molecule has 0 saturated carbocycles. The molecular formula is C14H14BrN3S. The number of aromatic nitrogens is 1. The minimum Gasteiger partial charge on any atom is -0.389 e. The van der Waals surface area contributed by atoms with E-state index < -0.39 is 0 Å². The van der Waals surface area contributed by atoms with Crippen molar-refractivity contribution in [2.75, 3.05) is 5.32 Å². The fraction of sp³-hybridized carbons (Fsp3) is 0.143. The van der Waals surface area contributed by atoms with Gasteiger partial charge in [-0.15, -0.1) is 0 Å². The first-order chi connectivity index (χ1) is 8.97. The van der Waals surface area contributed by atoms with Crippen LogP contribution in [0, 0.1) is 13.8 Å². The molecule has 19 heavy (non-hydrogen) atoms. The third-order valence-electron chi connectivity index (χ3n) is 2.77. The van der Waals surface area contributed by atoms with Crippen LogP contribution in [0.1, 0.15) is 16.8 Å². The second-order valence-corrected chi connectivity index (χ2v) is 5.58. The molecule has 1 aromatic heterocycles. The molecule has 0 spiro atoms. The van der Waals surface area contributed by atoms with Crippen LogP contribution < -0.4 is 11.1 Å². The van der Waals surface area contributed by atoms with E-state index in [4.69, 9.17) is 18.0 Å². The van der Waals surface area contributed by atoms with Crippen LogP contribution in [0.25, 0.3) is 0 Å². The Labute approximate surface area is 126 Å². The van der Waals surface area contributed by atoms with E-state index in [1.165, 1.54) is 0 Å². The number of pyridine rings is 1. The van der Waals surface area contributed by atoms with Crippen LogP contribution >= 0.6 is 28.1 Å². The quantitative estimate of drug-likeness (QED) is 0.836. The topological polar surface area (TPSA) is 50.9 Å². The number of nitrogens with two attached hydrogens (primary N) is 1. The summed E-state index contributed by atoms with van der Waals surface area (Å²) >= 11 is 8.52. The van der Waals surface area contributed by atoms with Gasteiger partial charge in [-0.25, -0.2) is 4.98 Å². The fourth-order valence-corrected chi connectivity index (χ4v) is 2.24. The van der Waals surface area contributed by atoms with E-state index in [1.54, 1.807) is 0 Å². The second-order valence-electron chi connectivity index (χ2n) is 4.28. The summed E-state index contributed by atoms with van der Waals surface area (Å²) in [5, 5.41) is 3.29. The molecule has 2 rings (SSSR count). The molecule has 98 valence electrons. The van der Waals surface area contributed by atoms with Crippen molar-refractivity contribution < 1.29 is 0 Å². The Bertz CT molecular complexity index is 641. The molecule has 0 aliphatic heterocycles. The van der Waals surface area contributed by atoms with Crippen molar-refractivity contribution in [3.8, 4) is 0 Å². The van der Waals surface area contributed by atoms with Crippen molar-refractivity contribution in [2.45, 2.75) is 13.8 Å². The molecule has 1 heterocycles. The number of hydrogen-bond donors (Lipinski definition) is 2. The van der Waals surface area contributed by atoms with Gasteiger partial charge in [0.05, 0.1) is 0 Å². The van der Waals surface area contributed by atoms with Crippen LogP contribution in [0.2, 0.25) is 0 Å². The third kappa shape index (κ3) is 3.30. The normalized spacial score (nSPS) is 10.3. The highest BCUT2D eigenvalue weighted by atomic mass is 79.9. The zero-order chi connectivity index (χ0) is 14.0. The van der Waals surface area contributed by atoms with Crippen LogP contribution in [-0.2, 0) is 0 Å². The average Bonchev–Trinajstić information content (AvgIpc) is 2.34. The highest BCUT2D eigenvalue weighted by Gasteiger charge is 2.06. The lowest BCUT2D eigenvalue weighted by molar-refractivity contribution is 1.19. The third-order valence-corrected chi connectivity index (χ3v) is 3.86. The van der Waals surface area contributed by atoms with E-state index in [0.29, 0.717) is 4.99 Å². The van der Waals surface area contributed by atoms with Gasteiger partial charge < -0.3 is 11.1 Å². The van der Waals surface area contributed by atoms with Crippen molar-refractivity contribution >= 4 is 44.6 Å². The van der Waals surface area contributed by atoms with Crippen LogP contribution in [0.5, 0.6) is 0 Å². The molecule has 0 radical (unpaired) electrons. The van der Waals surface area contributed by atoms with Gasteiger partial charge >= 0.3 is 0 Å².